The third-order valence-electron chi connectivity index (χ3n) is 2.20. The SMILES string of the molecule is O=C(Oc1ncc[nH]1)c1ncc[nH]1.OCCOCCOCCO. The van der Waals surface area contributed by atoms with Crippen molar-refractivity contribution in [2.45, 2.75) is 0 Å². The van der Waals surface area contributed by atoms with Crippen LogP contribution in [0.5, 0.6) is 6.01 Å². The Morgan fingerprint density at radius 3 is 2.04 bits per heavy atom. The Hall–Kier alpha value is -2.27. The Labute approximate surface area is 132 Å². The van der Waals surface area contributed by atoms with Crippen LogP contribution in [0.3, 0.4) is 0 Å². The van der Waals surface area contributed by atoms with Crippen LogP contribution in [0.4, 0.5) is 0 Å². The number of aliphatic hydroxyl groups excluding tert-OH is 2. The van der Waals surface area contributed by atoms with Gasteiger partial charge in [0, 0.05) is 24.8 Å². The number of imidazole rings is 2. The monoisotopic (exact) mass is 328 g/mol. The molecule has 0 radical (unpaired) electrons. The molecule has 0 unspecified atom stereocenters. The van der Waals surface area contributed by atoms with Crippen molar-refractivity contribution in [3.05, 3.63) is 30.6 Å². The Balaban J connectivity index is 0.000000241. The molecule has 0 bridgehead atoms. The van der Waals surface area contributed by atoms with E-state index < -0.39 is 5.97 Å². The third-order valence-corrected chi connectivity index (χ3v) is 2.20. The molecule has 2 aromatic rings. The number of carbonyl (C=O) groups excluding carboxylic acids is 1. The fourth-order valence-electron chi connectivity index (χ4n) is 1.27. The summed E-state index contributed by atoms with van der Waals surface area (Å²) in [6, 6.07) is 0.154. The zero-order valence-corrected chi connectivity index (χ0v) is 12.5. The van der Waals surface area contributed by atoms with E-state index in [1.807, 2.05) is 0 Å². The zero-order valence-electron chi connectivity index (χ0n) is 12.5. The van der Waals surface area contributed by atoms with Crippen LogP contribution in [0.15, 0.2) is 24.8 Å². The first kappa shape index (κ1) is 18.8. The van der Waals surface area contributed by atoms with Gasteiger partial charge in [-0.05, 0) is 0 Å². The average molecular weight is 328 g/mol. The summed E-state index contributed by atoms with van der Waals surface area (Å²) in [5.74, 6) is -0.420. The highest BCUT2D eigenvalue weighted by Gasteiger charge is 2.11. The summed E-state index contributed by atoms with van der Waals surface area (Å²) in [6.07, 6.45) is 6.06. The molecule has 0 saturated heterocycles. The predicted octanol–water partition coefficient (Wildman–Crippen LogP) is -0.644. The van der Waals surface area contributed by atoms with Crippen molar-refractivity contribution in [2.24, 2.45) is 0 Å². The number of rotatable bonds is 9. The van der Waals surface area contributed by atoms with E-state index in [-0.39, 0.29) is 25.0 Å². The molecule has 0 amide bonds. The lowest BCUT2D eigenvalue weighted by Gasteiger charge is -2.01. The number of nitrogens with zero attached hydrogens (tertiary/aromatic N) is 2. The second kappa shape index (κ2) is 12.3. The maximum atomic E-state index is 11.2. The molecule has 0 saturated carbocycles. The normalized spacial score (nSPS) is 10.0. The van der Waals surface area contributed by atoms with Gasteiger partial charge >= 0.3 is 12.0 Å². The van der Waals surface area contributed by atoms with E-state index in [0.29, 0.717) is 26.4 Å². The van der Waals surface area contributed by atoms with Gasteiger partial charge in [0.1, 0.15) is 0 Å². The molecule has 2 rings (SSSR count). The van der Waals surface area contributed by atoms with Crippen LogP contribution in [0, 0.1) is 0 Å². The van der Waals surface area contributed by atoms with Gasteiger partial charge < -0.3 is 34.4 Å². The van der Waals surface area contributed by atoms with Crippen molar-refractivity contribution >= 4 is 5.97 Å². The Morgan fingerprint density at radius 1 is 0.957 bits per heavy atom. The van der Waals surface area contributed by atoms with Crippen molar-refractivity contribution < 1.29 is 29.2 Å². The molecule has 0 aromatic carbocycles. The van der Waals surface area contributed by atoms with Crippen molar-refractivity contribution in [1.82, 2.24) is 19.9 Å². The largest absolute Gasteiger partial charge is 0.394 e. The molecular weight excluding hydrogens is 308 g/mol. The predicted molar refractivity (Wildman–Crippen MR) is 77.9 cm³/mol. The molecule has 128 valence electrons. The van der Waals surface area contributed by atoms with E-state index in [4.69, 9.17) is 24.4 Å². The lowest BCUT2D eigenvalue weighted by Crippen LogP contribution is -2.11. The van der Waals surface area contributed by atoms with Gasteiger partial charge in [0.15, 0.2) is 0 Å². The van der Waals surface area contributed by atoms with Crippen molar-refractivity contribution in [1.29, 1.82) is 0 Å². The standard InChI is InChI=1S/C7H6N4O2.C6H14O4/c12-6(5-8-1-2-9-5)13-7-10-3-4-11-7;7-1-3-9-5-6-10-4-2-8/h1-4H,(H,8,9)(H,10,11);7-8H,1-6H2. The number of esters is 1. The van der Waals surface area contributed by atoms with Gasteiger partial charge in [-0.25, -0.2) is 14.8 Å². The molecule has 2 aromatic heterocycles. The van der Waals surface area contributed by atoms with Crippen LogP contribution >= 0.6 is 0 Å². The maximum Gasteiger partial charge on any atom is 0.382 e. The van der Waals surface area contributed by atoms with Crippen LogP contribution in [0.2, 0.25) is 0 Å². The first-order valence-electron chi connectivity index (χ1n) is 6.86. The van der Waals surface area contributed by atoms with E-state index in [0.717, 1.165) is 0 Å². The Morgan fingerprint density at radius 2 is 1.57 bits per heavy atom. The van der Waals surface area contributed by atoms with E-state index in [1.54, 1.807) is 12.4 Å². The second-order valence-electron chi connectivity index (χ2n) is 3.89. The van der Waals surface area contributed by atoms with Crippen LogP contribution < -0.4 is 4.74 Å². The number of nitrogens with one attached hydrogen (secondary N) is 2. The summed E-state index contributed by atoms with van der Waals surface area (Å²) < 4.78 is 14.5. The van der Waals surface area contributed by atoms with Crippen molar-refractivity contribution in [2.75, 3.05) is 39.6 Å². The summed E-state index contributed by atoms with van der Waals surface area (Å²) in [4.78, 5) is 23.9. The molecule has 4 N–H and O–H groups in total. The smallest absolute Gasteiger partial charge is 0.382 e. The molecular formula is C13H20N4O6. The summed E-state index contributed by atoms with van der Waals surface area (Å²) >= 11 is 0. The summed E-state index contributed by atoms with van der Waals surface area (Å²) in [6.45, 7) is 1.73. The van der Waals surface area contributed by atoms with Gasteiger partial charge in [-0.1, -0.05) is 0 Å². The molecule has 0 aliphatic heterocycles. The minimum absolute atomic E-state index is 0.0417. The highest BCUT2D eigenvalue weighted by atomic mass is 16.6. The topological polar surface area (TPSA) is 143 Å². The van der Waals surface area contributed by atoms with Crippen LogP contribution in [-0.2, 0) is 9.47 Å². The van der Waals surface area contributed by atoms with Gasteiger partial charge in [-0.2, -0.15) is 0 Å². The highest BCUT2D eigenvalue weighted by molar-refractivity contribution is 5.86. The number of aliphatic hydroxyl groups is 2. The molecule has 0 aliphatic carbocycles. The van der Waals surface area contributed by atoms with Crippen molar-refractivity contribution in [3.8, 4) is 6.01 Å². The molecule has 0 spiro atoms. The summed E-state index contributed by atoms with van der Waals surface area (Å²) in [5, 5.41) is 16.5. The van der Waals surface area contributed by atoms with E-state index in [1.165, 1.54) is 12.4 Å². The quantitative estimate of drug-likeness (QED) is 0.351. The van der Waals surface area contributed by atoms with Gasteiger partial charge in [0.25, 0.3) is 0 Å². The van der Waals surface area contributed by atoms with Crippen LogP contribution in [0.1, 0.15) is 10.6 Å². The molecule has 10 heteroatoms. The first-order valence-corrected chi connectivity index (χ1v) is 6.86. The average Bonchev–Trinajstić information content (AvgIpc) is 3.24. The number of aromatic amines is 2. The number of hydrogen-bond donors (Lipinski definition) is 4. The van der Waals surface area contributed by atoms with Crippen molar-refractivity contribution in [3.63, 3.8) is 0 Å². The van der Waals surface area contributed by atoms with E-state index >= 15 is 0 Å². The van der Waals surface area contributed by atoms with Gasteiger partial charge in [0.2, 0.25) is 5.82 Å². The second-order valence-corrected chi connectivity index (χ2v) is 3.89. The molecule has 0 atom stereocenters. The van der Waals surface area contributed by atoms with Crippen LogP contribution in [-0.4, -0.2) is 75.8 Å². The summed E-state index contributed by atoms with van der Waals surface area (Å²) in [7, 11) is 0. The zero-order chi connectivity index (χ0) is 16.8. The van der Waals surface area contributed by atoms with Gasteiger partial charge in [0.05, 0.1) is 39.6 Å². The molecule has 2 heterocycles. The minimum atomic E-state index is -0.569. The molecule has 0 aliphatic rings. The number of hydrogen-bond acceptors (Lipinski definition) is 8. The van der Waals surface area contributed by atoms with Gasteiger partial charge in [-0.15, -0.1) is 0 Å². The fraction of sp³-hybridized carbons (Fsp3) is 0.462. The first-order chi connectivity index (χ1) is 11.3. The van der Waals surface area contributed by atoms with E-state index in [2.05, 4.69) is 19.9 Å². The van der Waals surface area contributed by atoms with Crippen LogP contribution in [0.25, 0.3) is 0 Å². The molecule has 0 fully saturated rings. The number of carbonyl (C=O) groups is 1. The lowest BCUT2D eigenvalue weighted by molar-refractivity contribution is 0.0222. The number of aromatic nitrogens is 4. The summed E-state index contributed by atoms with van der Waals surface area (Å²) in [5.41, 5.74) is 0. The fourth-order valence-corrected chi connectivity index (χ4v) is 1.27. The van der Waals surface area contributed by atoms with E-state index in [9.17, 15) is 4.79 Å². The number of H-pyrrole nitrogens is 2. The maximum absolute atomic E-state index is 11.2. The highest BCUT2D eigenvalue weighted by Crippen LogP contribution is 2.01. The minimum Gasteiger partial charge on any atom is -0.394 e. The Bertz CT molecular complexity index is 495. The Kier molecular flexibility index (Phi) is 10.0. The number of ether oxygens (including phenoxy) is 3. The van der Waals surface area contributed by atoms with Gasteiger partial charge in [-0.3, -0.25) is 0 Å². The third kappa shape index (κ3) is 8.68. The molecule has 10 nitrogen and oxygen atoms in total. The molecule has 23 heavy (non-hydrogen) atoms. The lowest BCUT2D eigenvalue weighted by atomic mass is 10.6.